The van der Waals surface area contributed by atoms with Crippen molar-refractivity contribution in [3.63, 3.8) is 0 Å². The molecule has 0 bridgehead atoms. The molecule has 0 unspecified atom stereocenters. The van der Waals surface area contributed by atoms with Crippen LogP contribution in [0.4, 0.5) is 9.59 Å². The molecule has 49 heavy (non-hydrogen) atoms. The molecule has 2 heterocycles. The molecule has 3 N–H and O–H groups in total. The molecule has 3 rings (SSSR count). The van der Waals surface area contributed by atoms with Gasteiger partial charge in [0.05, 0.1) is 33.3 Å². The summed E-state index contributed by atoms with van der Waals surface area (Å²) in [7, 11) is 1.27. The van der Waals surface area contributed by atoms with Crippen LogP contribution in [0.25, 0.3) is 0 Å². The van der Waals surface area contributed by atoms with E-state index in [-0.39, 0.29) is 56.2 Å². The fourth-order valence-electron chi connectivity index (χ4n) is 5.24. The molecule has 1 aromatic carbocycles. The largest absolute Gasteiger partial charge is 0.467 e. The summed E-state index contributed by atoms with van der Waals surface area (Å²) in [6.45, 7) is 9.16. The zero-order valence-electron chi connectivity index (χ0n) is 29.2. The van der Waals surface area contributed by atoms with Gasteiger partial charge in [0.2, 0.25) is 5.91 Å². The first kappa shape index (κ1) is 38.6. The van der Waals surface area contributed by atoms with Crippen LogP contribution in [0.1, 0.15) is 59.4 Å². The molecule has 0 aromatic heterocycles. The molecule has 2 aliphatic rings. The molecule has 0 aliphatic carbocycles. The maximum absolute atomic E-state index is 13.8. The lowest BCUT2D eigenvalue weighted by Crippen LogP contribution is -2.54. The fraction of sp³-hybridized carbons (Fsp3) is 0.543. The van der Waals surface area contributed by atoms with Crippen molar-refractivity contribution in [3.05, 3.63) is 59.4 Å². The van der Waals surface area contributed by atoms with Gasteiger partial charge in [0.25, 0.3) is 0 Å². The Balaban J connectivity index is 1.58. The highest BCUT2D eigenvalue weighted by molar-refractivity contribution is 5.97. The van der Waals surface area contributed by atoms with Crippen LogP contribution in [0.5, 0.6) is 0 Å². The van der Waals surface area contributed by atoms with Gasteiger partial charge in [-0.1, -0.05) is 44.2 Å². The molecule has 1 aromatic rings. The number of carbonyl (C=O) groups excluding carboxylic acids is 6. The first-order valence-corrected chi connectivity index (χ1v) is 16.4. The van der Waals surface area contributed by atoms with Crippen molar-refractivity contribution >= 4 is 35.6 Å². The Kier molecular flexibility index (Phi) is 14.2. The summed E-state index contributed by atoms with van der Waals surface area (Å²) < 4.78 is 15.6. The molecule has 268 valence electrons. The molecule has 0 fully saturated rings. The summed E-state index contributed by atoms with van der Waals surface area (Å²) >= 11 is 0. The molecule has 14 heteroatoms. The van der Waals surface area contributed by atoms with E-state index in [4.69, 9.17) is 14.2 Å². The van der Waals surface area contributed by atoms with Crippen molar-refractivity contribution in [1.29, 1.82) is 0 Å². The van der Waals surface area contributed by atoms with Gasteiger partial charge in [-0.15, -0.1) is 0 Å². The molecule has 0 spiro atoms. The van der Waals surface area contributed by atoms with E-state index < -0.39 is 35.8 Å². The predicted molar refractivity (Wildman–Crippen MR) is 180 cm³/mol. The second-order valence-electron chi connectivity index (χ2n) is 13.4. The molecule has 2 atom stereocenters. The third-order valence-electron chi connectivity index (χ3n) is 7.57. The van der Waals surface area contributed by atoms with Crippen LogP contribution < -0.4 is 16.0 Å². The zero-order valence-corrected chi connectivity index (χ0v) is 29.2. The number of methoxy groups -OCH3 is 1. The molecular formula is C35H49N5O9. The van der Waals surface area contributed by atoms with Crippen LogP contribution in [0.15, 0.2) is 53.9 Å². The second kappa shape index (κ2) is 18.0. The lowest BCUT2D eigenvalue weighted by molar-refractivity contribution is -0.143. The number of rotatable bonds is 14. The molecule has 2 aliphatic heterocycles. The van der Waals surface area contributed by atoms with Crippen LogP contribution >= 0.6 is 0 Å². The van der Waals surface area contributed by atoms with E-state index in [9.17, 15) is 28.8 Å². The van der Waals surface area contributed by atoms with E-state index >= 15 is 0 Å². The van der Waals surface area contributed by atoms with Gasteiger partial charge in [-0.3, -0.25) is 19.3 Å². The molecular weight excluding hydrogens is 634 g/mol. The first-order chi connectivity index (χ1) is 23.1. The van der Waals surface area contributed by atoms with Crippen molar-refractivity contribution in [1.82, 2.24) is 25.8 Å². The standard InChI is InChI=1S/C35H49N5O9/c1-23(2)30(38-26-17-28(42)21-40(19-26)34(46)48-22-24-12-8-7-9-13-24)31(43)39-18-25(16-27(41)20-39)37-29(32(44)47-6)14-10-11-15-36-33(45)49-35(3,4)5/h7-9,12-13,16-17,23,29-30,37-38H,10-11,14-15,18-22H2,1-6H3,(H,36,45)/t29-,30-/m0/s1. The van der Waals surface area contributed by atoms with E-state index in [2.05, 4.69) is 16.0 Å². The maximum Gasteiger partial charge on any atom is 0.410 e. The second-order valence-corrected chi connectivity index (χ2v) is 13.4. The summed E-state index contributed by atoms with van der Waals surface area (Å²) in [5.41, 5.74) is 0.961. The van der Waals surface area contributed by atoms with E-state index in [1.807, 2.05) is 44.2 Å². The van der Waals surface area contributed by atoms with Crippen molar-refractivity contribution in [2.45, 2.75) is 78.2 Å². The van der Waals surface area contributed by atoms with Gasteiger partial charge in [-0.2, -0.15) is 0 Å². The molecule has 0 saturated carbocycles. The van der Waals surface area contributed by atoms with Gasteiger partial charge in [0.1, 0.15) is 24.3 Å². The Morgan fingerprint density at radius 3 is 2.08 bits per heavy atom. The topological polar surface area (TPSA) is 173 Å². The average Bonchev–Trinajstić information content (AvgIpc) is 3.03. The van der Waals surface area contributed by atoms with Gasteiger partial charge in [0, 0.05) is 30.1 Å². The van der Waals surface area contributed by atoms with Gasteiger partial charge < -0.3 is 35.1 Å². The lowest BCUT2D eigenvalue weighted by Gasteiger charge is -2.35. The molecule has 0 saturated heterocycles. The normalized spacial score (nSPS) is 16.2. The third-order valence-corrected chi connectivity index (χ3v) is 7.57. The van der Waals surface area contributed by atoms with E-state index in [0.29, 0.717) is 37.2 Å². The minimum Gasteiger partial charge on any atom is -0.467 e. The Bertz CT molecular complexity index is 1420. The number of hydrogen-bond donors (Lipinski definition) is 3. The van der Waals surface area contributed by atoms with Crippen molar-refractivity contribution in [3.8, 4) is 0 Å². The van der Waals surface area contributed by atoms with Crippen LogP contribution in [-0.4, -0.2) is 103 Å². The highest BCUT2D eigenvalue weighted by Gasteiger charge is 2.34. The molecule has 0 radical (unpaired) electrons. The minimum atomic E-state index is -0.819. The van der Waals surface area contributed by atoms with Gasteiger partial charge in [0.15, 0.2) is 11.6 Å². The zero-order chi connectivity index (χ0) is 36.1. The first-order valence-electron chi connectivity index (χ1n) is 16.4. The molecule has 3 amide bonds. The highest BCUT2D eigenvalue weighted by Crippen LogP contribution is 2.17. The van der Waals surface area contributed by atoms with Crippen LogP contribution in [-0.2, 0) is 40.0 Å². The smallest absolute Gasteiger partial charge is 0.410 e. The monoisotopic (exact) mass is 683 g/mol. The van der Waals surface area contributed by atoms with Crippen LogP contribution in [0, 0.1) is 5.92 Å². The van der Waals surface area contributed by atoms with E-state index in [1.54, 1.807) is 20.8 Å². The third kappa shape index (κ3) is 12.9. The summed E-state index contributed by atoms with van der Waals surface area (Å²) in [4.78, 5) is 79.1. The van der Waals surface area contributed by atoms with Crippen LogP contribution in [0.3, 0.4) is 0 Å². The quantitative estimate of drug-likeness (QED) is 0.150. The number of unbranched alkanes of at least 4 members (excludes halogenated alkanes) is 1. The number of benzene rings is 1. The number of ketones is 2. The summed E-state index contributed by atoms with van der Waals surface area (Å²) in [5, 5.41) is 8.89. The number of amides is 3. The number of esters is 1. The lowest BCUT2D eigenvalue weighted by atomic mass is 10.00. The Hall–Kier alpha value is -4.88. The number of carbonyl (C=O) groups is 6. The SMILES string of the molecule is COC(=O)[C@H](CCCCNC(=O)OC(C)(C)C)NC1=CC(=O)CN(C(=O)[C@@H](NC2=CC(=O)CN(C(=O)OCc3ccccc3)C2)C(C)C)C1. The number of nitrogens with zero attached hydrogens (tertiary/aromatic N) is 2. The minimum absolute atomic E-state index is 0.0373. The van der Waals surface area contributed by atoms with Crippen molar-refractivity contribution < 1.29 is 43.0 Å². The van der Waals surface area contributed by atoms with Crippen molar-refractivity contribution in [2.24, 2.45) is 5.92 Å². The Labute approximate surface area is 287 Å². The summed E-state index contributed by atoms with van der Waals surface area (Å²) in [6, 6.07) is 7.57. The maximum atomic E-state index is 13.8. The average molecular weight is 684 g/mol. The summed E-state index contributed by atoms with van der Waals surface area (Å²) in [6.07, 6.45) is 3.05. The van der Waals surface area contributed by atoms with Gasteiger partial charge in [-0.25, -0.2) is 14.4 Å². The van der Waals surface area contributed by atoms with Gasteiger partial charge in [-0.05, 0) is 51.5 Å². The fourth-order valence-corrected chi connectivity index (χ4v) is 5.24. The number of nitrogens with one attached hydrogen (secondary N) is 3. The Morgan fingerprint density at radius 1 is 0.857 bits per heavy atom. The number of ether oxygens (including phenoxy) is 3. The highest BCUT2D eigenvalue weighted by atomic mass is 16.6. The van der Waals surface area contributed by atoms with Gasteiger partial charge >= 0.3 is 18.2 Å². The number of alkyl carbamates (subject to hydrolysis) is 1. The van der Waals surface area contributed by atoms with E-state index in [1.165, 1.54) is 29.1 Å². The molecule has 14 nitrogen and oxygen atoms in total. The predicted octanol–water partition coefficient (Wildman–Crippen LogP) is 2.83. The Morgan fingerprint density at radius 2 is 1.47 bits per heavy atom. The summed E-state index contributed by atoms with van der Waals surface area (Å²) in [5.74, 6) is -1.81. The van der Waals surface area contributed by atoms with Crippen LogP contribution in [0.2, 0.25) is 0 Å². The number of hydrogen-bond acceptors (Lipinski definition) is 11. The van der Waals surface area contributed by atoms with Crippen molar-refractivity contribution in [2.75, 3.05) is 39.8 Å². The van der Waals surface area contributed by atoms with E-state index in [0.717, 1.165) is 5.56 Å².